The van der Waals surface area contributed by atoms with Gasteiger partial charge in [0.2, 0.25) is 0 Å². The van der Waals surface area contributed by atoms with Crippen LogP contribution in [0.1, 0.15) is 28.0 Å². The van der Waals surface area contributed by atoms with Crippen LogP contribution < -0.4 is 5.32 Å². The lowest BCUT2D eigenvalue weighted by Crippen LogP contribution is -2.10. The van der Waals surface area contributed by atoms with Crippen molar-refractivity contribution in [3.63, 3.8) is 0 Å². The van der Waals surface area contributed by atoms with Gasteiger partial charge in [0.1, 0.15) is 4.83 Å². The van der Waals surface area contributed by atoms with Crippen molar-refractivity contribution < 1.29 is 18.0 Å². The van der Waals surface area contributed by atoms with Gasteiger partial charge in [-0.1, -0.05) is 0 Å². The standard InChI is InChI=1S/C17H15F3N6OS2/c1-4-26-8(2)10(6-21-26)11-7-28-16(22-11)23-14(27)12-5-9-13(17(18,19)20)24-25(3)15(9)29-12/h5-7H,4H2,1-3H3,(H,22,23,27). The Hall–Kier alpha value is -2.73. The summed E-state index contributed by atoms with van der Waals surface area (Å²) in [5.41, 5.74) is 1.52. The molecule has 4 rings (SSSR count). The lowest BCUT2D eigenvalue weighted by atomic mass is 10.2. The van der Waals surface area contributed by atoms with Crippen LogP contribution in [0.2, 0.25) is 0 Å². The fraction of sp³-hybridized carbons (Fsp3) is 0.294. The second kappa shape index (κ2) is 6.95. The quantitative estimate of drug-likeness (QED) is 0.505. The molecule has 0 radical (unpaired) electrons. The van der Waals surface area contributed by atoms with Gasteiger partial charge in [-0.15, -0.1) is 22.7 Å². The van der Waals surface area contributed by atoms with E-state index in [1.54, 1.807) is 11.6 Å². The first-order chi connectivity index (χ1) is 13.7. The summed E-state index contributed by atoms with van der Waals surface area (Å²) in [5, 5.41) is 12.5. The van der Waals surface area contributed by atoms with E-state index in [-0.39, 0.29) is 15.1 Å². The van der Waals surface area contributed by atoms with Gasteiger partial charge in [0.05, 0.1) is 16.8 Å². The second-order valence-electron chi connectivity index (χ2n) is 6.25. The Morgan fingerprint density at radius 3 is 2.76 bits per heavy atom. The third-order valence-corrected chi connectivity index (χ3v) is 6.37. The number of rotatable bonds is 4. The summed E-state index contributed by atoms with van der Waals surface area (Å²) in [7, 11) is 1.42. The monoisotopic (exact) mass is 440 g/mol. The molecule has 0 unspecified atom stereocenters. The summed E-state index contributed by atoms with van der Waals surface area (Å²) in [4.78, 5) is 17.4. The molecule has 29 heavy (non-hydrogen) atoms. The van der Waals surface area contributed by atoms with E-state index in [1.165, 1.54) is 24.5 Å². The van der Waals surface area contributed by atoms with Gasteiger partial charge < -0.3 is 0 Å². The van der Waals surface area contributed by atoms with E-state index in [4.69, 9.17) is 0 Å². The van der Waals surface area contributed by atoms with Crippen LogP contribution in [0, 0.1) is 6.92 Å². The minimum Gasteiger partial charge on any atom is -0.297 e. The topological polar surface area (TPSA) is 77.6 Å². The highest BCUT2D eigenvalue weighted by Gasteiger charge is 2.37. The summed E-state index contributed by atoms with van der Waals surface area (Å²) in [6.07, 6.45) is -2.86. The number of thiazole rings is 1. The SMILES string of the molecule is CCn1ncc(-c2csc(NC(=O)c3cc4c(C(F)(F)F)nn(C)c4s3)n2)c1C. The van der Waals surface area contributed by atoms with Gasteiger partial charge in [0.25, 0.3) is 5.91 Å². The number of aromatic nitrogens is 5. The first-order valence-electron chi connectivity index (χ1n) is 8.52. The number of hydrogen-bond acceptors (Lipinski definition) is 6. The van der Waals surface area contributed by atoms with Crippen LogP contribution in [0.5, 0.6) is 0 Å². The van der Waals surface area contributed by atoms with Gasteiger partial charge >= 0.3 is 6.18 Å². The van der Waals surface area contributed by atoms with E-state index in [0.717, 1.165) is 33.8 Å². The van der Waals surface area contributed by atoms with Crippen molar-refractivity contribution >= 4 is 43.9 Å². The normalized spacial score (nSPS) is 12.1. The fourth-order valence-corrected chi connectivity index (χ4v) is 4.67. The number of nitrogens with zero attached hydrogens (tertiary/aromatic N) is 5. The smallest absolute Gasteiger partial charge is 0.297 e. The van der Waals surface area contributed by atoms with Gasteiger partial charge in [-0.3, -0.25) is 19.5 Å². The van der Waals surface area contributed by atoms with Crippen molar-refractivity contribution in [3.05, 3.63) is 33.9 Å². The van der Waals surface area contributed by atoms with Crippen LogP contribution in [-0.2, 0) is 19.8 Å². The molecule has 0 aliphatic carbocycles. The largest absolute Gasteiger partial charge is 0.435 e. The number of amides is 1. The molecule has 1 amide bonds. The van der Waals surface area contributed by atoms with Crippen molar-refractivity contribution in [2.24, 2.45) is 7.05 Å². The van der Waals surface area contributed by atoms with Crippen molar-refractivity contribution in [1.82, 2.24) is 24.5 Å². The summed E-state index contributed by atoms with van der Waals surface area (Å²) >= 11 is 2.19. The van der Waals surface area contributed by atoms with E-state index < -0.39 is 17.8 Å². The van der Waals surface area contributed by atoms with Crippen LogP contribution in [0.4, 0.5) is 18.3 Å². The second-order valence-corrected chi connectivity index (χ2v) is 8.14. The fourth-order valence-electron chi connectivity index (χ4n) is 2.99. The summed E-state index contributed by atoms with van der Waals surface area (Å²) in [6, 6.07) is 1.22. The molecule has 0 atom stereocenters. The van der Waals surface area contributed by atoms with Crippen molar-refractivity contribution in [3.8, 4) is 11.3 Å². The molecule has 0 aromatic carbocycles. The molecular formula is C17H15F3N6OS2. The molecule has 152 valence electrons. The molecular weight excluding hydrogens is 425 g/mol. The minimum absolute atomic E-state index is 0.0856. The van der Waals surface area contributed by atoms with Crippen molar-refractivity contribution in [2.75, 3.05) is 5.32 Å². The molecule has 0 spiro atoms. The number of carbonyl (C=O) groups is 1. The van der Waals surface area contributed by atoms with Gasteiger partial charge in [0, 0.05) is 35.6 Å². The number of anilines is 1. The average molecular weight is 440 g/mol. The molecule has 1 N–H and O–H groups in total. The maximum Gasteiger partial charge on any atom is 0.435 e. The number of carbonyl (C=O) groups excluding carboxylic acids is 1. The van der Waals surface area contributed by atoms with Gasteiger partial charge in [0.15, 0.2) is 10.8 Å². The molecule has 0 aliphatic rings. The zero-order chi connectivity index (χ0) is 20.9. The highest BCUT2D eigenvalue weighted by molar-refractivity contribution is 7.20. The highest BCUT2D eigenvalue weighted by Crippen LogP contribution is 2.37. The zero-order valence-electron chi connectivity index (χ0n) is 15.5. The number of alkyl halides is 3. The lowest BCUT2D eigenvalue weighted by Gasteiger charge is -2.01. The molecule has 4 heterocycles. The van der Waals surface area contributed by atoms with E-state index in [1.807, 2.05) is 18.5 Å². The Balaban J connectivity index is 1.59. The maximum absolute atomic E-state index is 13.1. The first-order valence-corrected chi connectivity index (χ1v) is 10.2. The summed E-state index contributed by atoms with van der Waals surface area (Å²) < 4.78 is 42.4. The third kappa shape index (κ3) is 3.42. The molecule has 4 aromatic rings. The highest BCUT2D eigenvalue weighted by atomic mass is 32.1. The third-order valence-electron chi connectivity index (χ3n) is 4.41. The number of fused-ring (bicyclic) bond motifs is 1. The van der Waals surface area contributed by atoms with E-state index in [0.29, 0.717) is 10.8 Å². The molecule has 0 saturated carbocycles. The molecule has 0 bridgehead atoms. The molecule has 0 fully saturated rings. The van der Waals surface area contributed by atoms with E-state index >= 15 is 0 Å². The van der Waals surface area contributed by atoms with Gasteiger partial charge in [-0.2, -0.15) is 23.4 Å². The lowest BCUT2D eigenvalue weighted by molar-refractivity contribution is -0.140. The zero-order valence-corrected chi connectivity index (χ0v) is 17.2. The van der Waals surface area contributed by atoms with Crippen LogP contribution in [0.15, 0.2) is 17.6 Å². The predicted octanol–water partition coefficient (Wildman–Crippen LogP) is 4.55. The van der Waals surface area contributed by atoms with Crippen LogP contribution >= 0.6 is 22.7 Å². The molecule has 0 aliphatic heterocycles. The Labute approximate surface area is 170 Å². The average Bonchev–Trinajstić information content (AvgIpc) is 3.39. The molecule has 4 aromatic heterocycles. The number of thiophene rings is 1. The summed E-state index contributed by atoms with van der Waals surface area (Å²) in [6.45, 7) is 4.66. The number of nitrogens with one attached hydrogen (secondary N) is 1. The number of halogens is 3. The number of hydrogen-bond donors (Lipinski definition) is 1. The van der Waals surface area contributed by atoms with Crippen molar-refractivity contribution in [2.45, 2.75) is 26.6 Å². The van der Waals surface area contributed by atoms with Gasteiger partial charge in [-0.25, -0.2) is 4.98 Å². The minimum atomic E-state index is -4.58. The predicted molar refractivity (Wildman–Crippen MR) is 105 cm³/mol. The number of aryl methyl sites for hydroxylation is 2. The van der Waals surface area contributed by atoms with Crippen molar-refractivity contribution in [1.29, 1.82) is 0 Å². The molecule has 12 heteroatoms. The Morgan fingerprint density at radius 1 is 1.34 bits per heavy atom. The Kier molecular flexibility index (Phi) is 4.69. The van der Waals surface area contributed by atoms with E-state index in [9.17, 15) is 18.0 Å². The first kappa shape index (κ1) is 19.6. The van der Waals surface area contributed by atoms with Crippen LogP contribution in [0.3, 0.4) is 0 Å². The maximum atomic E-state index is 13.1. The molecule has 0 saturated heterocycles. The van der Waals surface area contributed by atoms with Crippen LogP contribution in [0.25, 0.3) is 21.5 Å². The summed E-state index contributed by atoms with van der Waals surface area (Å²) in [5.74, 6) is -0.513. The molecule has 7 nitrogen and oxygen atoms in total. The Bertz CT molecular complexity index is 1220. The van der Waals surface area contributed by atoms with Gasteiger partial charge in [-0.05, 0) is 19.9 Å². The van der Waals surface area contributed by atoms with E-state index in [2.05, 4.69) is 20.5 Å². The van der Waals surface area contributed by atoms with Crippen LogP contribution in [-0.4, -0.2) is 30.5 Å². The Morgan fingerprint density at radius 2 is 2.10 bits per heavy atom.